The zero-order valence-corrected chi connectivity index (χ0v) is 17.5. The van der Waals surface area contributed by atoms with Crippen molar-refractivity contribution >= 4 is 33.8 Å². The van der Waals surface area contributed by atoms with Crippen LogP contribution in [-0.4, -0.2) is 36.7 Å². The Morgan fingerprint density at radius 2 is 2.14 bits per heavy atom. The van der Waals surface area contributed by atoms with Crippen LogP contribution >= 0.6 is 11.3 Å². The summed E-state index contributed by atoms with van der Waals surface area (Å²) in [7, 11) is 1.88. The Labute approximate surface area is 172 Å². The number of rotatable bonds is 6. The zero-order valence-electron chi connectivity index (χ0n) is 16.7. The highest BCUT2D eigenvalue weighted by Crippen LogP contribution is 2.35. The molecule has 4 heterocycles. The lowest BCUT2D eigenvalue weighted by Gasteiger charge is -2.05. The number of hydrogen-bond acceptors (Lipinski definition) is 7. The molecule has 0 unspecified atom stereocenters. The number of nitrogens with one attached hydrogen (secondary N) is 1. The molecule has 0 aliphatic carbocycles. The van der Waals surface area contributed by atoms with E-state index in [4.69, 9.17) is 4.74 Å². The third-order valence-electron chi connectivity index (χ3n) is 4.51. The number of esters is 1. The lowest BCUT2D eigenvalue weighted by atomic mass is 10.0. The number of aryl methyl sites for hydroxylation is 1. The van der Waals surface area contributed by atoms with Gasteiger partial charge in [-0.3, -0.25) is 9.08 Å². The van der Waals surface area contributed by atoms with Gasteiger partial charge in [-0.05, 0) is 24.5 Å². The van der Waals surface area contributed by atoms with Crippen molar-refractivity contribution in [1.29, 1.82) is 0 Å². The number of anilines is 2. The molecule has 150 valence electrons. The van der Waals surface area contributed by atoms with Crippen molar-refractivity contribution in [2.75, 3.05) is 11.9 Å². The van der Waals surface area contributed by atoms with Crippen LogP contribution in [0, 0.1) is 0 Å². The van der Waals surface area contributed by atoms with Crippen molar-refractivity contribution in [1.82, 2.24) is 24.1 Å². The number of nitrogens with zero attached hydrogens (tertiary/aromatic N) is 5. The zero-order chi connectivity index (χ0) is 20.5. The first-order chi connectivity index (χ1) is 14.0. The van der Waals surface area contributed by atoms with Crippen molar-refractivity contribution in [2.45, 2.75) is 26.7 Å². The number of carbonyl (C=O) groups is 1. The van der Waals surface area contributed by atoms with Crippen molar-refractivity contribution in [3.63, 3.8) is 0 Å². The van der Waals surface area contributed by atoms with E-state index in [-0.39, 0.29) is 11.9 Å². The number of carbonyl (C=O) groups excluding carboxylic acids is 1. The predicted molar refractivity (Wildman–Crippen MR) is 113 cm³/mol. The first-order valence-electron chi connectivity index (χ1n) is 9.36. The van der Waals surface area contributed by atoms with Gasteiger partial charge in [0.1, 0.15) is 4.88 Å². The van der Waals surface area contributed by atoms with Crippen molar-refractivity contribution in [2.24, 2.45) is 7.05 Å². The molecule has 0 atom stereocenters. The lowest BCUT2D eigenvalue weighted by molar-refractivity contribution is 0.0530. The molecule has 0 saturated carbocycles. The Kier molecular flexibility index (Phi) is 5.06. The first-order valence-corrected chi connectivity index (χ1v) is 10.2. The number of imidazole rings is 1. The van der Waals surface area contributed by atoms with Crippen molar-refractivity contribution in [3.8, 4) is 11.3 Å². The summed E-state index contributed by atoms with van der Waals surface area (Å²) in [6, 6.07) is 1.98. The van der Waals surface area contributed by atoms with E-state index in [1.165, 1.54) is 11.3 Å². The molecule has 0 aliphatic rings. The van der Waals surface area contributed by atoms with Gasteiger partial charge in [-0.25, -0.2) is 14.8 Å². The average Bonchev–Trinajstić information content (AvgIpc) is 3.40. The molecule has 8 nitrogen and oxygen atoms in total. The first kappa shape index (κ1) is 19.1. The smallest absolute Gasteiger partial charge is 0.348 e. The normalized spacial score (nSPS) is 11.3. The van der Waals surface area contributed by atoms with Crippen LogP contribution in [0.25, 0.3) is 16.9 Å². The van der Waals surface area contributed by atoms with E-state index in [0.717, 1.165) is 21.8 Å². The van der Waals surface area contributed by atoms with E-state index in [9.17, 15) is 4.79 Å². The summed E-state index contributed by atoms with van der Waals surface area (Å²) < 4.78 is 8.93. The van der Waals surface area contributed by atoms with Crippen molar-refractivity contribution in [3.05, 3.63) is 47.5 Å². The van der Waals surface area contributed by atoms with Gasteiger partial charge >= 0.3 is 5.97 Å². The van der Waals surface area contributed by atoms with E-state index in [1.54, 1.807) is 23.3 Å². The molecule has 4 aromatic heterocycles. The molecule has 4 aromatic rings. The Balaban J connectivity index is 1.71. The van der Waals surface area contributed by atoms with Gasteiger partial charge in [0, 0.05) is 31.2 Å². The highest BCUT2D eigenvalue weighted by Gasteiger charge is 2.20. The van der Waals surface area contributed by atoms with E-state index in [2.05, 4.69) is 34.2 Å². The maximum atomic E-state index is 12.3. The minimum Gasteiger partial charge on any atom is -0.462 e. The molecule has 0 amide bonds. The molecular weight excluding hydrogens is 388 g/mol. The molecule has 9 heteroatoms. The summed E-state index contributed by atoms with van der Waals surface area (Å²) in [5.74, 6) is 0.531. The molecule has 0 spiro atoms. The summed E-state index contributed by atoms with van der Waals surface area (Å²) in [4.78, 5) is 21.9. The van der Waals surface area contributed by atoms with Gasteiger partial charge in [0.15, 0.2) is 11.5 Å². The molecule has 0 aromatic carbocycles. The molecular formula is C20H22N6O2S. The van der Waals surface area contributed by atoms with Crippen LogP contribution < -0.4 is 5.32 Å². The summed E-state index contributed by atoms with van der Waals surface area (Å²) in [6.45, 7) is 6.27. The molecule has 1 N–H and O–H groups in total. The second-order valence-electron chi connectivity index (χ2n) is 6.91. The Bertz CT molecular complexity index is 1170. The number of ether oxygens (including phenoxy) is 1. The monoisotopic (exact) mass is 410 g/mol. The molecule has 0 fully saturated rings. The van der Waals surface area contributed by atoms with Gasteiger partial charge in [0.2, 0.25) is 0 Å². The minimum atomic E-state index is -0.292. The molecule has 0 radical (unpaired) electrons. The molecule has 29 heavy (non-hydrogen) atoms. The number of fused-ring (bicyclic) bond motifs is 1. The molecule has 0 bridgehead atoms. The maximum absolute atomic E-state index is 12.3. The number of hydrogen-bond donors (Lipinski definition) is 1. The highest BCUT2D eigenvalue weighted by molar-refractivity contribution is 7.18. The SMILES string of the molecule is CCOC(=O)c1sc(Nc2nccn3c(-c4cnn(C)c4)cnc23)cc1C(C)C. The highest BCUT2D eigenvalue weighted by atomic mass is 32.1. The van der Waals surface area contributed by atoms with E-state index >= 15 is 0 Å². The van der Waals surface area contributed by atoms with E-state index in [1.807, 2.05) is 36.8 Å². The van der Waals surface area contributed by atoms with Crippen LogP contribution in [0.1, 0.15) is 41.9 Å². The maximum Gasteiger partial charge on any atom is 0.348 e. The van der Waals surface area contributed by atoms with Gasteiger partial charge in [0.05, 0.1) is 29.7 Å². The van der Waals surface area contributed by atoms with Crippen LogP contribution in [0.3, 0.4) is 0 Å². The lowest BCUT2D eigenvalue weighted by Crippen LogP contribution is -2.05. The molecule has 4 rings (SSSR count). The predicted octanol–water partition coefficient (Wildman–Crippen LogP) is 4.24. The van der Waals surface area contributed by atoms with Crippen LogP contribution in [0.2, 0.25) is 0 Å². The quantitative estimate of drug-likeness (QED) is 0.479. The minimum absolute atomic E-state index is 0.202. The third-order valence-corrected chi connectivity index (χ3v) is 5.56. The molecule has 0 aliphatic heterocycles. The van der Waals surface area contributed by atoms with Crippen molar-refractivity contribution < 1.29 is 9.53 Å². The second-order valence-corrected chi connectivity index (χ2v) is 7.96. The fraction of sp³-hybridized carbons (Fsp3) is 0.300. The van der Waals surface area contributed by atoms with Gasteiger partial charge in [-0.1, -0.05) is 13.8 Å². The largest absolute Gasteiger partial charge is 0.462 e. The fourth-order valence-corrected chi connectivity index (χ4v) is 4.25. The van der Waals surface area contributed by atoms with Gasteiger partial charge < -0.3 is 10.1 Å². The Morgan fingerprint density at radius 1 is 1.31 bits per heavy atom. The van der Waals surface area contributed by atoms with E-state index < -0.39 is 0 Å². The number of aromatic nitrogens is 5. The Morgan fingerprint density at radius 3 is 2.83 bits per heavy atom. The van der Waals surface area contributed by atoms with Gasteiger partial charge in [0.25, 0.3) is 0 Å². The summed E-state index contributed by atoms with van der Waals surface area (Å²) in [6.07, 6.45) is 9.14. The summed E-state index contributed by atoms with van der Waals surface area (Å²) in [5.41, 5.74) is 3.56. The van der Waals surface area contributed by atoms with Crippen LogP contribution in [0.4, 0.5) is 10.8 Å². The number of thiophene rings is 1. The third kappa shape index (κ3) is 3.61. The second kappa shape index (κ2) is 7.67. The fourth-order valence-electron chi connectivity index (χ4n) is 3.14. The summed E-state index contributed by atoms with van der Waals surface area (Å²) >= 11 is 1.37. The topological polar surface area (TPSA) is 86.3 Å². The van der Waals surface area contributed by atoms with Crippen LogP contribution in [0.5, 0.6) is 0 Å². The standard InChI is InChI=1S/C20H22N6O2S/c1-5-28-20(27)17-14(12(2)3)8-16(29-17)24-18-19-22-10-15(26(19)7-6-21-18)13-9-23-25(4)11-13/h6-12H,5H2,1-4H3,(H,21,24). The van der Waals surface area contributed by atoms with Crippen LogP contribution in [-0.2, 0) is 11.8 Å². The van der Waals surface area contributed by atoms with Gasteiger partial charge in [-0.15, -0.1) is 11.3 Å². The van der Waals surface area contributed by atoms with Gasteiger partial charge in [-0.2, -0.15) is 5.10 Å². The summed E-state index contributed by atoms with van der Waals surface area (Å²) in [5, 5.41) is 8.38. The molecule has 0 saturated heterocycles. The Hall–Kier alpha value is -3.20. The van der Waals surface area contributed by atoms with E-state index in [0.29, 0.717) is 22.9 Å². The average molecular weight is 411 g/mol. The van der Waals surface area contributed by atoms with Crippen LogP contribution in [0.15, 0.2) is 37.1 Å².